The Morgan fingerprint density at radius 1 is 1.17 bits per heavy atom. The number of nitrogens with one attached hydrogen (secondary N) is 1. The molecule has 1 aromatic heterocycles. The summed E-state index contributed by atoms with van der Waals surface area (Å²) in [6, 6.07) is 7.77. The van der Waals surface area contributed by atoms with E-state index in [-0.39, 0.29) is 22.4 Å². The Morgan fingerprint density at radius 3 is 2.53 bits per heavy atom. The third kappa shape index (κ3) is 4.91. The molecule has 0 saturated heterocycles. The summed E-state index contributed by atoms with van der Waals surface area (Å²) < 4.78 is 37.7. The summed E-state index contributed by atoms with van der Waals surface area (Å²) >= 11 is 0. The maximum Gasteiger partial charge on any atom is 0.375 e. The molecule has 0 atom stereocenters. The third-order valence-electron chi connectivity index (χ3n) is 5.29. The molecule has 0 radical (unpaired) electrons. The highest BCUT2D eigenvalue weighted by Gasteiger charge is 2.31. The number of nitrogens with zero attached hydrogens (tertiary/aromatic N) is 1. The minimum atomic E-state index is -3.79. The van der Waals surface area contributed by atoms with Crippen molar-refractivity contribution in [2.45, 2.75) is 50.0 Å². The number of rotatable bonds is 7. The Balaban J connectivity index is 1.69. The molecular formula is C21H26N2O6S. The average molecular weight is 435 g/mol. The Morgan fingerprint density at radius 2 is 1.87 bits per heavy atom. The molecule has 2 aromatic rings. The monoisotopic (exact) mass is 434 g/mol. The molecule has 1 heterocycles. The molecule has 1 aromatic carbocycles. The number of hydrogen-bond donors (Lipinski definition) is 1. The molecule has 0 bridgehead atoms. The summed E-state index contributed by atoms with van der Waals surface area (Å²) in [5, 5.41) is 2.54. The van der Waals surface area contributed by atoms with E-state index in [1.54, 1.807) is 32.2 Å². The van der Waals surface area contributed by atoms with Crippen LogP contribution in [-0.4, -0.2) is 44.3 Å². The zero-order valence-corrected chi connectivity index (χ0v) is 17.9. The van der Waals surface area contributed by atoms with E-state index in [0.29, 0.717) is 5.56 Å². The lowest BCUT2D eigenvalue weighted by Gasteiger charge is -2.30. The van der Waals surface area contributed by atoms with E-state index < -0.39 is 28.5 Å². The largest absolute Gasteiger partial charge is 0.457 e. The van der Waals surface area contributed by atoms with Crippen LogP contribution in [0.1, 0.15) is 48.2 Å². The fourth-order valence-electron chi connectivity index (χ4n) is 3.56. The van der Waals surface area contributed by atoms with Gasteiger partial charge in [-0.15, -0.1) is 0 Å². The first-order valence-corrected chi connectivity index (χ1v) is 11.3. The van der Waals surface area contributed by atoms with Crippen molar-refractivity contribution >= 4 is 27.6 Å². The van der Waals surface area contributed by atoms with E-state index in [4.69, 9.17) is 9.15 Å². The van der Waals surface area contributed by atoms with Gasteiger partial charge in [-0.3, -0.25) is 4.79 Å². The van der Waals surface area contributed by atoms with Gasteiger partial charge in [0.2, 0.25) is 15.8 Å². The molecule has 8 nitrogen and oxygen atoms in total. The minimum absolute atomic E-state index is 0.0135. The lowest BCUT2D eigenvalue weighted by molar-refractivity contribution is -0.119. The van der Waals surface area contributed by atoms with Crippen molar-refractivity contribution in [2.24, 2.45) is 0 Å². The Kier molecular flexibility index (Phi) is 6.94. The third-order valence-corrected chi connectivity index (χ3v) is 7.26. The van der Waals surface area contributed by atoms with E-state index in [0.717, 1.165) is 32.1 Å². The van der Waals surface area contributed by atoms with Crippen molar-refractivity contribution in [1.29, 1.82) is 0 Å². The standard InChI is InChI=1S/C21H26N2O6S/c1-15-12-13-28-20(15)21(25)29-14-19(24)22-17-10-6-7-11-18(17)30(26,27)23(2)16-8-4-3-5-9-16/h6-7,10-13,16H,3-5,8-9,14H2,1-2H3,(H,22,24). The number of esters is 1. The predicted molar refractivity (Wildman–Crippen MR) is 111 cm³/mol. The Labute approximate surface area is 176 Å². The number of ether oxygens (including phenoxy) is 1. The second kappa shape index (κ2) is 9.44. The first-order chi connectivity index (χ1) is 14.3. The molecule has 0 spiro atoms. The molecule has 1 aliphatic rings. The van der Waals surface area contributed by atoms with Gasteiger partial charge in [-0.05, 0) is 38.0 Å². The summed E-state index contributed by atoms with van der Waals surface area (Å²) in [6.07, 6.45) is 6.13. The normalized spacial score (nSPS) is 15.2. The molecule has 9 heteroatoms. The second-order valence-electron chi connectivity index (χ2n) is 7.37. The molecule has 1 N–H and O–H groups in total. The van der Waals surface area contributed by atoms with Crippen molar-refractivity contribution in [3.63, 3.8) is 0 Å². The van der Waals surface area contributed by atoms with Crippen molar-refractivity contribution < 1.29 is 27.2 Å². The van der Waals surface area contributed by atoms with Crippen LogP contribution in [0.4, 0.5) is 5.69 Å². The van der Waals surface area contributed by atoms with Gasteiger partial charge in [0.25, 0.3) is 5.91 Å². The number of furan rings is 1. The first-order valence-electron chi connectivity index (χ1n) is 9.89. The van der Waals surface area contributed by atoms with Crippen molar-refractivity contribution in [3.8, 4) is 0 Å². The molecule has 0 aliphatic heterocycles. The summed E-state index contributed by atoms with van der Waals surface area (Å²) in [5.74, 6) is -1.37. The quantitative estimate of drug-likeness (QED) is 0.670. The van der Waals surface area contributed by atoms with Crippen LogP contribution in [0.2, 0.25) is 0 Å². The second-order valence-corrected chi connectivity index (χ2v) is 9.33. The average Bonchev–Trinajstić information content (AvgIpc) is 3.18. The molecule has 3 rings (SSSR count). The van der Waals surface area contributed by atoms with E-state index in [9.17, 15) is 18.0 Å². The molecule has 1 saturated carbocycles. The van der Waals surface area contributed by atoms with Gasteiger partial charge in [-0.25, -0.2) is 13.2 Å². The van der Waals surface area contributed by atoms with Crippen LogP contribution in [0, 0.1) is 6.92 Å². The molecule has 30 heavy (non-hydrogen) atoms. The number of anilines is 1. The van der Waals surface area contributed by atoms with Gasteiger partial charge in [0, 0.05) is 18.7 Å². The number of amides is 1. The van der Waals surface area contributed by atoms with Gasteiger partial charge in [0.05, 0.1) is 12.0 Å². The van der Waals surface area contributed by atoms with Crippen LogP contribution in [0.25, 0.3) is 0 Å². The number of carbonyl (C=O) groups excluding carboxylic acids is 2. The van der Waals surface area contributed by atoms with Crippen LogP contribution in [0.15, 0.2) is 45.9 Å². The van der Waals surface area contributed by atoms with Crippen LogP contribution < -0.4 is 5.32 Å². The van der Waals surface area contributed by atoms with Gasteiger partial charge in [0.1, 0.15) is 4.90 Å². The van der Waals surface area contributed by atoms with Gasteiger partial charge < -0.3 is 14.5 Å². The highest BCUT2D eigenvalue weighted by Crippen LogP contribution is 2.29. The zero-order chi connectivity index (χ0) is 21.7. The summed E-state index contributed by atoms with van der Waals surface area (Å²) in [7, 11) is -2.21. The maximum absolute atomic E-state index is 13.2. The SMILES string of the molecule is Cc1ccoc1C(=O)OCC(=O)Nc1ccccc1S(=O)(=O)N(C)C1CCCCC1. The van der Waals surface area contributed by atoms with Crippen LogP contribution >= 0.6 is 0 Å². The van der Waals surface area contributed by atoms with Crippen molar-refractivity contribution in [2.75, 3.05) is 19.0 Å². The maximum atomic E-state index is 13.2. The minimum Gasteiger partial charge on any atom is -0.457 e. The van der Waals surface area contributed by atoms with Crippen LogP contribution in [0.3, 0.4) is 0 Å². The summed E-state index contributed by atoms with van der Waals surface area (Å²) in [4.78, 5) is 24.3. The lowest BCUT2D eigenvalue weighted by Crippen LogP contribution is -2.38. The van der Waals surface area contributed by atoms with E-state index in [1.807, 2.05) is 0 Å². The molecule has 0 unspecified atom stereocenters. The topological polar surface area (TPSA) is 106 Å². The van der Waals surface area contributed by atoms with E-state index in [1.165, 1.54) is 22.7 Å². The lowest BCUT2D eigenvalue weighted by atomic mass is 9.96. The van der Waals surface area contributed by atoms with Crippen molar-refractivity contribution in [3.05, 3.63) is 47.9 Å². The number of benzene rings is 1. The fourth-order valence-corrected chi connectivity index (χ4v) is 5.12. The highest BCUT2D eigenvalue weighted by atomic mass is 32.2. The fraction of sp³-hybridized carbons (Fsp3) is 0.429. The zero-order valence-electron chi connectivity index (χ0n) is 17.1. The molecule has 1 fully saturated rings. The summed E-state index contributed by atoms with van der Waals surface area (Å²) in [6.45, 7) is 1.12. The van der Waals surface area contributed by atoms with Gasteiger partial charge in [0.15, 0.2) is 6.61 Å². The first kappa shape index (κ1) is 22.0. The van der Waals surface area contributed by atoms with Gasteiger partial charge >= 0.3 is 5.97 Å². The molecular weight excluding hydrogens is 408 g/mol. The number of carbonyl (C=O) groups is 2. The number of sulfonamides is 1. The Bertz CT molecular complexity index is 1010. The van der Waals surface area contributed by atoms with Crippen LogP contribution in [-0.2, 0) is 19.6 Å². The van der Waals surface area contributed by atoms with Crippen LogP contribution in [0.5, 0.6) is 0 Å². The van der Waals surface area contributed by atoms with Gasteiger partial charge in [-0.2, -0.15) is 4.31 Å². The molecule has 1 amide bonds. The van der Waals surface area contributed by atoms with Crippen molar-refractivity contribution in [1.82, 2.24) is 4.31 Å². The predicted octanol–water partition coefficient (Wildman–Crippen LogP) is 3.34. The number of para-hydroxylation sites is 1. The van der Waals surface area contributed by atoms with Gasteiger partial charge in [-0.1, -0.05) is 31.4 Å². The highest BCUT2D eigenvalue weighted by molar-refractivity contribution is 7.89. The molecule has 162 valence electrons. The molecule has 1 aliphatic carbocycles. The smallest absolute Gasteiger partial charge is 0.375 e. The van der Waals surface area contributed by atoms with E-state index in [2.05, 4.69) is 5.32 Å². The van der Waals surface area contributed by atoms with E-state index >= 15 is 0 Å². The number of hydrogen-bond acceptors (Lipinski definition) is 6. The Hall–Kier alpha value is -2.65. The summed E-state index contributed by atoms with van der Waals surface area (Å²) in [5.41, 5.74) is 0.748. The number of aryl methyl sites for hydroxylation is 1.